The van der Waals surface area contributed by atoms with Crippen LogP contribution in [-0.2, 0) is 26.1 Å². The van der Waals surface area contributed by atoms with E-state index in [1.54, 1.807) is 0 Å². The molecule has 2 heterocycles. The van der Waals surface area contributed by atoms with Crippen molar-refractivity contribution in [3.05, 3.63) is 47.0 Å². The molecule has 0 saturated carbocycles. The monoisotopic (exact) mass is 354 g/mol. The molecule has 0 atom stereocenters. The first-order chi connectivity index (χ1) is 12.7. The van der Waals surface area contributed by atoms with Gasteiger partial charge >= 0.3 is 0 Å². The van der Waals surface area contributed by atoms with Crippen LogP contribution in [0, 0.1) is 6.92 Å². The van der Waals surface area contributed by atoms with Crippen molar-refractivity contribution in [2.45, 2.75) is 59.2 Å². The Morgan fingerprint density at radius 3 is 2.77 bits per heavy atom. The lowest BCUT2D eigenvalue weighted by Crippen LogP contribution is -2.38. The van der Waals surface area contributed by atoms with Crippen LogP contribution in [0.1, 0.15) is 49.0 Å². The van der Waals surface area contributed by atoms with Crippen molar-refractivity contribution in [1.82, 2.24) is 25.0 Å². The number of guanidine groups is 1. The van der Waals surface area contributed by atoms with Crippen LogP contribution in [0.5, 0.6) is 0 Å². The third kappa shape index (κ3) is 4.62. The highest BCUT2D eigenvalue weighted by molar-refractivity contribution is 5.79. The third-order valence-corrected chi connectivity index (χ3v) is 4.79. The van der Waals surface area contributed by atoms with E-state index in [9.17, 15) is 0 Å². The second-order valence-corrected chi connectivity index (χ2v) is 7.01. The van der Waals surface area contributed by atoms with Gasteiger partial charge in [0.2, 0.25) is 0 Å². The molecule has 0 amide bonds. The Morgan fingerprint density at radius 1 is 1.19 bits per heavy atom. The van der Waals surface area contributed by atoms with Crippen molar-refractivity contribution in [3.8, 4) is 0 Å². The maximum absolute atomic E-state index is 4.82. The van der Waals surface area contributed by atoms with Crippen molar-refractivity contribution in [2.75, 3.05) is 13.6 Å². The van der Waals surface area contributed by atoms with Gasteiger partial charge in [-0.15, -0.1) is 10.2 Å². The van der Waals surface area contributed by atoms with Gasteiger partial charge in [-0.3, -0.25) is 0 Å². The van der Waals surface area contributed by atoms with Gasteiger partial charge in [-0.25, -0.2) is 4.99 Å². The number of rotatable bonds is 5. The van der Waals surface area contributed by atoms with Crippen LogP contribution in [0.25, 0.3) is 0 Å². The topological polar surface area (TPSA) is 58.3 Å². The smallest absolute Gasteiger partial charge is 0.194 e. The van der Waals surface area contributed by atoms with Gasteiger partial charge in [0, 0.05) is 33.1 Å². The first-order valence-corrected chi connectivity index (χ1v) is 9.63. The molecule has 26 heavy (non-hydrogen) atoms. The largest absolute Gasteiger partial charge is 0.357 e. The molecule has 2 aromatic rings. The van der Waals surface area contributed by atoms with E-state index in [0.717, 1.165) is 43.7 Å². The van der Waals surface area contributed by atoms with E-state index < -0.39 is 0 Å². The highest BCUT2D eigenvalue weighted by Gasteiger charge is 2.15. The summed E-state index contributed by atoms with van der Waals surface area (Å²) < 4.78 is 2.26. The van der Waals surface area contributed by atoms with Gasteiger partial charge < -0.3 is 14.8 Å². The molecule has 1 aliphatic heterocycles. The zero-order valence-corrected chi connectivity index (χ0v) is 16.2. The van der Waals surface area contributed by atoms with Crippen molar-refractivity contribution in [1.29, 1.82) is 0 Å². The fourth-order valence-electron chi connectivity index (χ4n) is 3.32. The summed E-state index contributed by atoms with van der Waals surface area (Å²) in [6, 6.07) is 8.65. The standard InChI is InChI=1S/C20H30N6/c1-4-21-20(25(3)15-17-11-9-16(2)10-12-17)22-14-19-24-23-18-8-6-5-7-13-26(18)19/h9-12H,4-8,13-15H2,1-3H3,(H,21,22). The molecule has 0 aliphatic carbocycles. The first-order valence-electron chi connectivity index (χ1n) is 9.63. The van der Waals surface area contributed by atoms with Gasteiger partial charge in [0.15, 0.2) is 11.8 Å². The first kappa shape index (κ1) is 18.4. The van der Waals surface area contributed by atoms with Crippen LogP contribution >= 0.6 is 0 Å². The van der Waals surface area contributed by atoms with Crippen molar-refractivity contribution in [3.63, 3.8) is 0 Å². The van der Waals surface area contributed by atoms with Gasteiger partial charge in [-0.1, -0.05) is 36.2 Å². The van der Waals surface area contributed by atoms with Gasteiger partial charge in [0.05, 0.1) is 0 Å². The van der Waals surface area contributed by atoms with Crippen LogP contribution in [-0.4, -0.2) is 39.2 Å². The fraction of sp³-hybridized carbons (Fsp3) is 0.550. The minimum atomic E-state index is 0.563. The Kier molecular flexibility index (Phi) is 6.26. The molecular weight excluding hydrogens is 324 g/mol. The van der Waals surface area contributed by atoms with Crippen LogP contribution in [0.4, 0.5) is 0 Å². The average Bonchev–Trinajstić information content (AvgIpc) is 2.87. The van der Waals surface area contributed by atoms with Crippen LogP contribution in [0.3, 0.4) is 0 Å². The van der Waals surface area contributed by atoms with E-state index in [1.165, 1.54) is 30.4 Å². The maximum atomic E-state index is 4.82. The van der Waals surface area contributed by atoms with Gasteiger partial charge in [0.25, 0.3) is 0 Å². The molecule has 0 spiro atoms. The number of aliphatic imine (C=N–C) groups is 1. The Hall–Kier alpha value is -2.37. The molecule has 6 heteroatoms. The predicted molar refractivity (Wildman–Crippen MR) is 105 cm³/mol. The minimum absolute atomic E-state index is 0.563. The summed E-state index contributed by atoms with van der Waals surface area (Å²) in [5.74, 6) is 2.99. The molecule has 1 aliphatic rings. The van der Waals surface area contributed by atoms with E-state index in [4.69, 9.17) is 4.99 Å². The molecule has 0 fully saturated rings. The Labute approximate surface area is 156 Å². The van der Waals surface area contributed by atoms with E-state index in [1.807, 2.05) is 0 Å². The second kappa shape index (κ2) is 8.83. The number of fused-ring (bicyclic) bond motifs is 1. The number of nitrogens with one attached hydrogen (secondary N) is 1. The number of hydrogen-bond acceptors (Lipinski definition) is 3. The molecule has 3 rings (SSSR count). The summed E-state index contributed by atoms with van der Waals surface area (Å²) in [6.45, 7) is 7.45. The molecular formula is C20H30N6. The minimum Gasteiger partial charge on any atom is -0.357 e. The zero-order chi connectivity index (χ0) is 18.4. The van der Waals surface area contributed by atoms with Crippen molar-refractivity contribution in [2.24, 2.45) is 4.99 Å². The average molecular weight is 355 g/mol. The highest BCUT2D eigenvalue weighted by atomic mass is 15.3. The zero-order valence-electron chi connectivity index (χ0n) is 16.2. The quantitative estimate of drug-likeness (QED) is 0.662. The highest BCUT2D eigenvalue weighted by Crippen LogP contribution is 2.15. The lowest BCUT2D eigenvalue weighted by atomic mass is 10.1. The SMILES string of the molecule is CCNC(=NCc1nnc2n1CCCCC2)N(C)Cc1ccc(C)cc1. The lowest BCUT2D eigenvalue weighted by Gasteiger charge is -2.22. The molecule has 6 nitrogen and oxygen atoms in total. The summed E-state index contributed by atoms with van der Waals surface area (Å²) in [6.07, 6.45) is 4.72. The Bertz CT molecular complexity index is 731. The van der Waals surface area contributed by atoms with Crippen LogP contribution in [0.15, 0.2) is 29.3 Å². The molecule has 0 radical (unpaired) electrons. The van der Waals surface area contributed by atoms with Crippen molar-refractivity contribution >= 4 is 5.96 Å². The molecule has 1 N–H and O–H groups in total. The van der Waals surface area contributed by atoms with E-state index >= 15 is 0 Å². The summed E-state index contributed by atoms with van der Waals surface area (Å²) in [5, 5.41) is 12.1. The number of benzene rings is 1. The van der Waals surface area contributed by atoms with Crippen LogP contribution in [0.2, 0.25) is 0 Å². The molecule has 1 aromatic carbocycles. The molecule has 0 saturated heterocycles. The van der Waals surface area contributed by atoms with E-state index in [-0.39, 0.29) is 0 Å². The molecule has 0 unspecified atom stereocenters. The normalized spacial score (nSPS) is 14.7. The second-order valence-electron chi connectivity index (χ2n) is 7.01. The third-order valence-electron chi connectivity index (χ3n) is 4.79. The lowest BCUT2D eigenvalue weighted by molar-refractivity contribution is 0.475. The summed E-state index contributed by atoms with van der Waals surface area (Å²) >= 11 is 0. The van der Waals surface area contributed by atoms with E-state index in [0.29, 0.717) is 6.54 Å². The summed E-state index contributed by atoms with van der Waals surface area (Å²) in [5.41, 5.74) is 2.56. The number of aryl methyl sites for hydroxylation is 2. The van der Waals surface area contributed by atoms with Gasteiger partial charge in [-0.05, 0) is 32.3 Å². The number of nitrogens with zero attached hydrogens (tertiary/aromatic N) is 5. The molecule has 0 bridgehead atoms. The summed E-state index contributed by atoms with van der Waals surface area (Å²) in [4.78, 5) is 6.98. The Morgan fingerprint density at radius 2 is 2.00 bits per heavy atom. The molecule has 140 valence electrons. The fourth-order valence-corrected chi connectivity index (χ4v) is 3.32. The molecule has 1 aromatic heterocycles. The van der Waals surface area contributed by atoms with Crippen molar-refractivity contribution < 1.29 is 0 Å². The van der Waals surface area contributed by atoms with Crippen LogP contribution < -0.4 is 5.32 Å². The predicted octanol–water partition coefficient (Wildman–Crippen LogP) is 2.91. The number of hydrogen-bond donors (Lipinski definition) is 1. The Balaban J connectivity index is 1.70. The van der Waals surface area contributed by atoms with E-state index in [2.05, 4.69) is 70.1 Å². The maximum Gasteiger partial charge on any atom is 0.194 e. The van der Waals surface area contributed by atoms with Gasteiger partial charge in [0.1, 0.15) is 12.4 Å². The van der Waals surface area contributed by atoms with Gasteiger partial charge in [-0.2, -0.15) is 0 Å². The summed E-state index contributed by atoms with van der Waals surface area (Å²) in [7, 11) is 2.08. The number of aromatic nitrogens is 3.